The molecule has 0 unspecified atom stereocenters. The number of nitrogens with zero attached hydrogens (tertiary/aromatic N) is 2. The van der Waals surface area contributed by atoms with E-state index in [1.165, 1.54) is 5.56 Å². The topological polar surface area (TPSA) is 56.2 Å². The van der Waals surface area contributed by atoms with Crippen LogP contribution in [0.3, 0.4) is 0 Å². The van der Waals surface area contributed by atoms with E-state index in [1.807, 2.05) is 54.6 Å². The predicted octanol–water partition coefficient (Wildman–Crippen LogP) is 6.23. The van der Waals surface area contributed by atoms with Crippen molar-refractivity contribution >= 4 is 28.5 Å². The summed E-state index contributed by atoms with van der Waals surface area (Å²) in [5.74, 6) is 1.89. The minimum atomic E-state index is 0.120. The van der Waals surface area contributed by atoms with Crippen molar-refractivity contribution in [3.8, 4) is 5.75 Å². The van der Waals surface area contributed by atoms with E-state index in [1.54, 1.807) is 0 Å². The average molecular weight is 490 g/mol. The Hall–Kier alpha value is -3.31. The summed E-state index contributed by atoms with van der Waals surface area (Å²) in [6.07, 6.45) is 5.23. The summed E-state index contributed by atoms with van der Waals surface area (Å²) in [5.41, 5.74) is 3.32. The number of carbonyl (C=O) groups is 1. The van der Waals surface area contributed by atoms with Gasteiger partial charge in [0.1, 0.15) is 18.2 Å². The Morgan fingerprint density at radius 2 is 1.66 bits per heavy atom. The molecule has 0 saturated heterocycles. The molecule has 35 heavy (non-hydrogen) atoms. The van der Waals surface area contributed by atoms with Gasteiger partial charge >= 0.3 is 0 Å². The maximum atomic E-state index is 12.1. The maximum absolute atomic E-state index is 12.1. The van der Waals surface area contributed by atoms with Gasteiger partial charge in [-0.3, -0.25) is 4.79 Å². The van der Waals surface area contributed by atoms with Crippen LogP contribution >= 0.6 is 11.6 Å². The van der Waals surface area contributed by atoms with Crippen LogP contribution in [-0.4, -0.2) is 28.6 Å². The molecule has 0 aliphatic carbocycles. The number of para-hydroxylation sites is 3. The minimum Gasteiger partial charge on any atom is -0.490 e. The highest BCUT2D eigenvalue weighted by Gasteiger charge is 2.11. The van der Waals surface area contributed by atoms with Gasteiger partial charge in [-0.25, -0.2) is 4.98 Å². The van der Waals surface area contributed by atoms with Gasteiger partial charge in [-0.1, -0.05) is 72.6 Å². The Morgan fingerprint density at radius 3 is 2.51 bits per heavy atom. The summed E-state index contributed by atoms with van der Waals surface area (Å²) in [7, 11) is 0. The smallest absolute Gasteiger partial charge is 0.220 e. The number of hydrogen-bond donors (Lipinski definition) is 1. The van der Waals surface area contributed by atoms with Gasteiger partial charge in [-0.05, 0) is 49.1 Å². The number of rotatable bonds is 13. The number of fused-ring (bicyclic) bond motifs is 1. The second kappa shape index (κ2) is 13.0. The summed E-state index contributed by atoms with van der Waals surface area (Å²) in [6, 6.07) is 25.9. The number of aromatic nitrogens is 2. The van der Waals surface area contributed by atoms with Crippen LogP contribution in [0.25, 0.3) is 11.0 Å². The summed E-state index contributed by atoms with van der Waals surface area (Å²) in [4.78, 5) is 17.0. The Labute approximate surface area is 212 Å². The number of unbranched alkanes of at least 4 members (excludes halogenated alkanes) is 2. The fourth-order valence-corrected chi connectivity index (χ4v) is 4.37. The van der Waals surface area contributed by atoms with Gasteiger partial charge in [-0.15, -0.1) is 0 Å². The van der Waals surface area contributed by atoms with Crippen molar-refractivity contribution in [1.29, 1.82) is 0 Å². The van der Waals surface area contributed by atoms with Crippen molar-refractivity contribution in [1.82, 2.24) is 14.9 Å². The first kappa shape index (κ1) is 24.8. The predicted molar refractivity (Wildman–Crippen MR) is 142 cm³/mol. The molecular weight excluding hydrogens is 458 g/mol. The largest absolute Gasteiger partial charge is 0.490 e. The molecule has 1 amide bonds. The lowest BCUT2D eigenvalue weighted by Crippen LogP contribution is -2.24. The highest BCUT2D eigenvalue weighted by molar-refractivity contribution is 6.32. The first-order valence-corrected chi connectivity index (χ1v) is 12.7. The average Bonchev–Trinajstić information content (AvgIpc) is 3.24. The molecule has 0 spiro atoms. The number of nitrogens with one attached hydrogen (secondary N) is 1. The third kappa shape index (κ3) is 7.33. The fraction of sp³-hybridized carbons (Fsp3) is 0.310. The first-order valence-electron chi connectivity index (χ1n) is 12.3. The third-order valence-corrected chi connectivity index (χ3v) is 6.34. The van der Waals surface area contributed by atoms with Gasteiger partial charge < -0.3 is 14.6 Å². The van der Waals surface area contributed by atoms with Crippen molar-refractivity contribution in [3.05, 3.63) is 95.3 Å². The van der Waals surface area contributed by atoms with Gasteiger partial charge in [0.2, 0.25) is 5.91 Å². The highest BCUT2D eigenvalue weighted by atomic mass is 35.5. The lowest BCUT2D eigenvalue weighted by molar-refractivity contribution is -0.121. The molecule has 0 aliphatic rings. The summed E-state index contributed by atoms with van der Waals surface area (Å²) in [6.45, 7) is 1.94. The molecule has 182 valence electrons. The molecule has 0 aliphatic heterocycles. The van der Waals surface area contributed by atoms with E-state index >= 15 is 0 Å². The van der Waals surface area contributed by atoms with E-state index in [4.69, 9.17) is 21.3 Å². The Morgan fingerprint density at radius 1 is 0.886 bits per heavy atom. The van der Waals surface area contributed by atoms with Crippen LogP contribution in [0.15, 0.2) is 78.9 Å². The normalized spacial score (nSPS) is 11.0. The Kier molecular flexibility index (Phi) is 9.18. The van der Waals surface area contributed by atoms with Crippen LogP contribution < -0.4 is 10.1 Å². The van der Waals surface area contributed by atoms with E-state index in [0.29, 0.717) is 30.3 Å². The van der Waals surface area contributed by atoms with E-state index in [0.717, 1.165) is 55.5 Å². The number of carbonyl (C=O) groups excluding carboxylic acids is 1. The second-order valence-electron chi connectivity index (χ2n) is 8.59. The zero-order chi connectivity index (χ0) is 24.3. The maximum Gasteiger partial charge on any atom is 0.220 e. The minimum absolute atomic E-state index is 0.120. The van der Waals surface area contributed by atoms with E-state index < -0.39 is 0 Å². The molecule has 3 aromatic carbocycles. The van der Waals surface area contributed by atoms with Crippen LogP contribution in [0.1, 0.15) is 37.1 Å². The first-order chi connectivity index (χ1) is 17.2. The fourth-order valence-electron chi connectivity index (χ4n) is 4.18. The second-order valence-corrected chi connectivity index (χ2v) is 9.00. The molecule has 0 saturated carbocycles. The van der Waals surface area contributed by atoms with E-state index in [2.05, 4.69) is 34.1 Å². The lowest BCUT2D eigenvalue weighted by atomic mass is 10.1. The molecular formula is C29H32ClN3O2. The van der Waals surface area contributed by atoms with Crippen LogP contribution in [0, 0.1) is 0 Å². The Bertz CT molecular complexity index is 1220. The number of benzene rings is 3. The van der Waals surface area contributed by atoms with Crippen molar-refractivity contribution in [2.75, 3.05) is 13.2 Å². The standard InChI is InChI=1S/C29H32ClN3O2/c30-24-13-6-9-16-27(24)35-22-21-33-26-15-8-7-14-25(26)32-28(33)17-5-2-10-20-31-29(34)19-18-23-11-3-1-4-12-23/h1,3-4,6-9,11-16H,2,5,10,17-22H2,(H,31,34). The molecule has 0 bridgehead atoms. The number of hydrogen-bond acceptors (Lipinski definition) is 3. The number of imidazole rings is 1. The zero-order valence-corrected chi connectivity index (χ0v) is 20.7. The van der Waals surface area contributed by atoms with Gasteiger partial charge in [0, 0.05) is 19.4 Å². The number of amides is 1. The number of aryl methyl sites for hydroxylation is 2. The molecule has 0 fully saturated rings. The molecule has 6 heteroatoms. The summed E-state index contributed by atoms with van der Waals surface area (Å²) < 4.78 is 8.17. The van der Waals surface area contributed by atoms with Crippen molar-refractivity contribution in [2.45, 2.75) is 45.1 Å². The molecule has 4 aromatic rings. The molecule has 0 radical (unpaired) electrons. The van der Waals surface area contributed by atoms with E-state index in [-0.39, 0.29) is 5.91 Å². The Balaban J connectivity index is 1.21. The molecule has 0 atom stereocenters. The highest BCUT2D eigenvalue weighted by Crippen LogP contribution is 2.23. The molecule has 4 rings (SSSR count). The quantitative estimate of drug-likeness (QED) is 0.226. The molecule has 1 heterocycles. The van der Waals surface area contributed by atoms with Crippen LogP contribution in [0.4, 0.5) is 0 Å². The SMILES string of the molecule is O=C(CCc1ccccc1)NCCCCCc1nc2ccccc2n1CCOc1ccccc1Cl. The van der Waals surface area contributed by atoms with Gasteiger partial charge in [0.25, 0.3) is 0 Å². The van der Waals surface area contributed by atoms with Gasteiger partial charge in [-0.2, -0.15) is 0 Å². The molecule has 5 nitrogen and oxygen atoms in total. The zero-order valence-electron chi connectivity index (χ0n) is 20.0. The van der Waals surface area contributed by atoms with E-state index in [9.17, 15) is 4.79 Å². The molecule has 1 aromatic heterocycles. The van der Waals surface area contributed by atoms with Gasteiger partial charge in [0.15, 0.2) is 0 Å². The monoisotopic (exact) mass is 489 g/mol. The number of ether oxygens (including phenoxy) is 1. The third-order valence-electron chi connectivity index (χ3n) is 6.03. The molecule has 1 N–H and O–H groups in total. The van der Waals surface area contributed by atoms with Crippen molar-refractivity contribution in [2.24, 2.45) is 0 Å². The van der Waals surface area contributed by atoms with Gasteiger partial charge in [0.05, 0.1) is 22.6 Å². The van der Waals surface area contributed by atoms with Crippen LogP contribution in [0.2, 0.25) is 5.02 Å². The van der Waals surface area contributed by atoms with Crippen molar-refractivity contribution < 1.29 is 9.53 Å². The van der Waals surface area contributed by atoms with Crippen LogP contribution in [-0.2, 0) is 24.2 Å². The lowest BCUT2D eigenvalue weighted by Gasteiger charge is -2.12. The summed E-state index contributed by atoms with van der Waals surface area (Å²) >= 11 is 6.22. The van der Waals surface area contributed by atoms with Crippen LogP contribution in [0.5, 0.6) is 5.75 Å². The number of halogens is 1. The van der Waals surface area contributed by atoms with Crippen molar-refractivity contribution in [3.63, 3.8) is 0 Å². The summed E-state index contributed by atoms with van der Waals surface area (Å²) in [5, 5.41) is 3.67.